The average molecular weight is 756 g/mol. The summed E-state index contributed by atoms with van der Waals surface area (Å²) >= 11 is 3.48. The Hall–Kier alpha value is -3.20. The van der Waals surface area contributed by atoms with Gasteiger partial charge < -0.3 is 29.1 Å². The topological polar surface area (TPSA) is 54.4 Å². The van der Waals surface area contributed by atoms with Crippen molar-refractivity contribution < 1.29 is 19.3 Å². The Kier molecular flexibility index (Phi) is 14.8. The molecule has 2 fully saturated rings. The van der Waals surface area contributed by atoms with Crippen LogP contribution in [0.3, 0.4) is 0 Å². The molecular formula is C44H55BrN2O4. The number of fused-ring (bicyclic) bond motifs is 2. The van der Waals surface area contributed by atoms with Gasteiger partial charge in [-0.25, -0.2) is 0 Å². The smallest absolute Gasteiger partial charge is 0.119 e. The van der Waals surface area contributed by atoms with Crippen LogP contribution in [0.4, 0.5) is 0 Å². The number of aliphatic hydroxyl groups is 1. The van der Waals surface area contributed by atoms with Crippen molar-refractivity contribution in [2.75, 3.05) is 51.2 Å². The maximum absolute atomic E-state index is 9.38. The van der Waals surface area contributed by atoms with Crippen molar-refractivity contribution >= 4 is 15.9 Å². The highest BCUT2D eigenvalue weighted by molar-refractivity contribution is 9.09. The van der Waals surface area contributed by atoms with Gasteiger partial charge in [0.15, 0.2) is 0 Å². The first-order valence-electron chi connectivity index (χ1n) is 19.0. The fourth-order valence-electron chi connectivity index (χ4n) is 7.55. The van der Waals surface area contributed by atoms with Gasteiger partial charge in [-0.2, -0.15) is 0 Å². The van der Waals surface area contributed by atoms with E-state index in [0.29, 0.717) is 18.3 Å². The summed E-state index contributed by atoms with van der Waals surface area (Å²) in [6.45, 7) is 7.51. The minimum atomic E-state index is -0.198. The molecule has 0 amide bonds. The molecule has 0 aromatic heterocycles. The Morgan fingerprint density at radius 1 is 0.549 bits per heavy atom. The summed E-state index contributed by atoms with van der Waals surface area (Å²) in [7, 11) is 0. The molecule has 0 radical (unpaired) electrons. The molecule has 7 heteroatoms. The molecule has 4 aromatic carbocycles. The van der Waals surface area contributed by atoms with E-state index in [0.717, 1.165) is 120 Å². The summed E-state index contributed by atoms with van der Waals surface area (Å²) in [5, 5.41) is 10.4. The van der Waals surface area contributed by atoms with Crippen LogP contribution in [0.2, 0.25) is 0 Å². The standard InChI is InChI=1S/C22H27NO2.C13H18BrNO.C9H10O/c1-2-7-19(8-3-1)25-20-12-14-23(15-13-20)16-17-24-22-11-10-18-6-4-5-9-21(18)22;14-8-11-15-9-6-13(7-10-15)16-12-4-2-1-3-5-12;10-9-6-5-7-3-1-2-4-8(7)9/h1-9,20,22H,10-17H2;1-5,13H,6-11H2;1-4,9-10H,5-6H2/t22-;;9-/m0.0/s1. The predicted molar refractivity (Wildman–Crippen MR) is 210 cm³/mol. The van der Waals surface area contributed by atoms with Crippen LogP contribution < -0.4 is 9.47 Å². The zero-order valence-electron chi connectivity index (χ0n) is 30.0. The van der Waals surface area contributed by atoms with Crippen molar-refractivity contribution in [1.82, 2.24) is 9.80 Å². The summed E-state index contributed by atoms with van der Waals surface area (Å²) in [4.78, 5) is 4.99. The number of hydrogen-bond donors (Lipinski definition) is 1. The molecule has 0 spiro atoms. The Balaban J connectivity index is 0.000000146. The van der Waals surface area contributed by atoms with Crippen molar-refractivity contribution in [3.63, 3.8) is 0 Å². The van der Waals surface area contributed by atoms with Gasteiger partial charge in [-0.15, -0.1) is 0 Å². The second-order valence-corrected chi connectivity index (χ2v) is 14.8. The van der Waals surface area contributed by atoms with E-state index in [-0.39, 0.29) is 6.10 Å². The van der Waals surface area contributed by atoms with Crippen molar-refractivity contribution in [3.05, 3.63) is 131 Å². The van der Waals surface area contributed by atoms with E-state index in [1.165, 1.54) is 16.7 Å². The van der Waals surface area contributed by atoms with E-state index in [2.05, 4.69) is 56.1 Å². The van der Waals surface area contributed by atoms with E-state index < -0.39 is 0 Å². The van der Waals surface area contributed by atoms with Gasteiger partial charge in [0.1, 0.15) is 23.7 Å². The Morgan fingerprint density at radius 3 is 1.57 bits per heavy atom. The number of rotatable bonds is 10. The number of hydrogen-bond acceptors (Lipinski definition) is 6. The van der Waals surface area contributed by atoms with Gasteiger partial charge in [0, 0.05) is 44.6 Å². The number of aliphatic hydroxyl groups excluding tert-OH is 1. The molecule has 6 nitrogen and oxygen atoms in total. The van der Waals surface area contributed by atoms with Crippen molar-refractivity contribution in [3.8, 4) is 11.5 Å². The molecule has 0 unspecified atom stereocenters. The molecule has 8 rings (SSSR count). The number of benzene rings is 4. The number of ether oxygens (including phenoxy) is 3. The van der Waals surface area contributed by atoms with Gasteiger partial charge >= 0.3 is 0 Å². The van der Waals surface area contributed by atoms with E-state index in [4.69, 9.17) is 14.2 Å². The summed E-state index contributed by atoms with van der Waals surface area (Å²) in [6, 6.07) is 37.1. The Labute approximate surface area is 313 Å². The number of aryl methyl sites for hydroxylation is 2. The molecule has 4 aromatic rings. The lowest BCUT2D eigenvalue weighted by molar-refractivity contribution is 0.0248. The highest BCUT2D eigenvalue weighted by Crippen LogP contribution is 2.33. The first-order valence-corrected chi connectivity index (χ1v) is 20.2. The summed E-state index contributed by atoms with van der Waals surface area (Å²) < 4.78 is 18.2. The van der Waals surface area contributed by atoms with Gasteiger partial charge in [-0.1, -0.05) is 101 Å². The molecule has 1 N–H and O–H groups in total. The van der Waals surface area contributed by atoms with Crippen LogP contribution in [0.25, 0.3) is 0 Å². The number of nitrogens with zero attached hydrogens (tertiary/aromatic N) is 2. The Bertz CT molecular complexity index is 1560. The lowest BCUT2D eigenvalue weighted by Gasteiger charge is -2.32. The molecule has 2 heterocycles. The van der Waals surface area contributed by atoms with Crippen LogP contribution in [-0.4, -0.2) is 78.3 Å². The zero-order valence-corrected chi connectivity index (χ0v) is 31.5. The summed E-state index contributed by atoms with van der Waals surface area (Å²) in [6.07, 6.45) is 9.56. The predicted octanol–water partition coefficient (Wildman–Crippen LogP) is 8.82. The monoisotopic (exact) mass is 754 g/mol. The second kappa shape index (κ2) is 20.1. The SMILES string of the molecule is BrCCN1CCC(Oc2ccccc2)CC1.O[C@H]1CCc2ccccc21.c1ccc(OC2CCN(CCO[C@H]3CCc4ccccc43)CC2)cc1. The molecule has 51 heavy (non-hydrogen) atoms. The van der Waals surface area contributed by atoms with E-state index in [1.807, 2.05) is 78.9 Å². The summed E-state index contributed by atoms with van der Waals surface area (Å²) in [5.74, 6) is 1.99. The van der Waals surface area contributed by atoms with Crippen LogP contribution in [0.15, 0.2) is 109 Å². The number of para-hydroxylation sites is 2. The van der Waals surface area contributed by atoms with Crippen molar-refractivity contribution in [1.29, 1.82) is 0 Å². The molecule has 2 aliphatic heterocycles. The first kappa shape index (κ1) is 37.6. The lowest BCUT2D eigenvalue weighted by atomic mass is 10.1. The molecule has 4 aliphatic rings. The number of piperidine rings is 2. The Morgan fingerprint density at radius 2 is 1.02 bits per heavy atom. The van der Waals surface area contributed by atoms with Crippen LogP contribution in [0.1, 0.15) is 73.0 Å². The lowest BCUT2D eigenvalue weighted by Crippen LogP contribution is -2.39. The van der Waals surface area contributed by atoms with E-state index in [9.17, 15) is 5.11 Å². The molecule has 0 saturated carbocycles. The third kappa shape index (κ3) is 11.6. The largest absolute Gasteiger partial charge is 0.490 e. The highest BCUT2D eigenvalue weighted by Gasteiger charge is 2.24. The fraction of sp³-hybridized carbons (Fsp3) is 0.455. The number of likely N-dealkylation sites (tertiary alicyclic amines) is 2. The van der Waals surface area contributed by atoms with Gasteiger partial charge in [0.2, 0.25) is 0 Å². The van der Waals surface area contributed by atoms with Crippen LogP contribution in [0, 0.1) is 0 Å². The van der Waals surface area contributed by atoms with Gasteiger partial charge in [-0.05, 0) is 97.9 Å². The van der Waals surface area contributed by atoms with E-state index >= 15 is 0 Å². The van der Waals surface area contributed by atoms with Crippen LogP contribution in [-0.2, 0) is 17.6 Å². The molecule has 2 saturated heterocycles. The minimum absolute atomic E-state index is 0.198. The normalized spacial score (nSPS) is 20.7. The first-order chi connectivity index (χ1) is 25.1. The van der Waals surface area contributed by atoms with Crippen LogP contribution in [0.5, 0.6) is 11.5 Å². The summed E-state index contributed by atoms with van der Waals surface area (Å²) in [5.41, 5.74) is 5.31. The highest BCUT2D eigenvalue weighted by atomic mass is 79.9. The fourth-order valence-corrected chi connectivity index (χ4v) is 8.06. The van der Waals surface area contributed by atoms with Gasteiger partial charge in [0.05, 0.1) is 18.8 Å². The molecule has 272 valence electrons. The average Bonchev–Trinajstić information content (AvgIpc) is 3.78. The molecule has 0 bridgehead atoms. The number of alkyl halides is 1. The quantitative estimate of drug-likeness (QED) is 0.164. The second-order valence-electron chi connectivity index (χ2n) is 14.0. The third-order valence-corrected chi connectivity index (χ3v) is 10.8. The van der Waals surface area contributed by atoms with Crippen molar-refractivity contribution in [2.24, 2.45) is 0 Å². The van der Waals surface area contributed by atoms with Gasteiger partial charge in [-0.3, -0.25) is 0 Å². The maximum atomic E-state index is 9.38. The molecular weight excluding hydrogens is 700 g/mol. The van der Waals surface area contributed by atoms with Crippen LogP contribution >= 0.6 is 15.9 Å². The van der Waals surface area contributed by atoms with E-state index in [1.54, 1.807) is 0 Å². The zero-order chi connectivity index (χ0) is 35.1. The van der Waals surface area contributed by atoms with Crippen molar-refractivity contribution in [2.45, 2.75) is 75.8 Å². The van der Waals surface area contributed by atoms with Gasteiger partial charge in [0.25, 0.3) is 0 Å². The third-order valence-electron chi connectivity index (χ3n) is 10.5. The molecule has 2 aliphatic carbocycles. The minimum Gasteiger partial charge on any atom is -0.490 e. The number of halogens is 1. The molecule has 2 atom stereocenters. The maximum Gasteiger partial charge on any atom is 0.119 e.